The lowest BCUT2D eigenvalue weighted by Crippen LogP contribution is -2.30. The van der Waals surface area contributed by atoms with Gasteiger partial charge in [-0.15, -0.1) is 24.8 Å². The predicted molar refractivity (Wildman–Crippen MR) is 121 cm³/mol. The molecular formula is C19H27Cl2FN6O2. The highest BCUT2D eigenvalue weighted by molar-refractivity contribution is 5.85. The molecule has 0 unspecified atom stereocenters. The molecule has 0 bridgehead atoms. The first-order valence-corrected chi connectivity index (χ1v) is 9.50. The van der Waals surface area contributed by atoms with Gasteiger partial charge >= 0.3 is 5.69 Å². The average Bonchev–Trinajstić information content (AvgIpc) is 3.19. The van der Waals surface area contributed by atoms with E-state index >= 15 is 0 Å². The molecular weight excluding hydrogens is 434 g/mol. The molecule has 11 heteroatoms. The Morgan fingerprint density at radius 3 is 2.77 bits per heavy atom. The molecule has 166 valence electrons. The van der Waals surface area contributed by atoms with Gasteiger partial charge < -0.3 is 15.1 Å². The fourth-order valence-electron chi connectivity index (χ4n) is 3.32. The van der Waals surface area contributed by atoms with Crippen LogP contribution < -0.4 is 15.1 Å². The lowest BCUT2D eigenvalue weighted by molar-refractivity contribution is -0.387. The number of likely N-dealkylation sites (N-methyl/N-ethyl adjacent to an activating group) is 1. The quantitative estimate of drug-likeness (QED) is 0.468. The smallest absolute Gasteiger partial charge is 0.306 e. The summed E-state index contributed by atoms with van der Waals surface area (Å²) in [6.07, 6.45) is 4.53. The van der Waals surface area contributed by atoms with Crippen molar-refractivity contribution in [3.05, 3.63) is 46.4 Å². The number of nitrogens with one attached hydrogen (secondary N) is 1. The summed E-state index contributed by atoms with van der Waals surface area (Å²) in [6.45, 7) is 4.41. The zero-order valence-corrected chi connectivity index (χ0v) is 18.6. The Bertz CT molecular complexity index is 844. The highest BCUT2D eigenvalue weighted by atomic mass is 35.5. The molecule has 2 aromatic rings. The molecule has 0 saturated carbocycles. The monoisotopic (exact) mass is 460 g/mol. The van der Waals surface area contributed by atoms with Gasteiger partial charge in [-0.1, -0.05) is 13.3 Å². The van der Waals surface area contributed by atoms with Crippen molar-refractivity contribution in [3.8, 4) is 0 Å². The lowest BCUT2D eigenvalue weighted by Gasteiger charge is -2.24. The van der Waals surface area contributed by atoms with E-state index in [0.717, 1.165) is 44.2 Å². The van der Waals surface area contributed by atoms with Crippen LogP contribution >= 0.6 is 24.8 Å². The number of nitro benzene ring substituents is 1. The summed E-state index contributed by atoms with van der Waals surface area (Å²) < 4.78 is 13.8. The Balaban J connectivity index is 0.00000225. The molecule has 2 heterocycles. The molecule has 1 aromatic heterocycles. The maximum atomic E-state index is 13.8. The van der Waals surface area contributed by atoms with Gasteiger partial charge in [0, 0.05) is 37.9 Å². The van der Waals surface area contributed by atoms with Crippen LogP contribution in [0.2, 0.25) is 0 Å². The van der Waals surface area contributed by atoms with Gasteiger partial charge in [-0.05, 0) is 38.1 Å². The van der Waals surface area contributed by atoms with Gasteiger partial charge in [-0.25, -0.2) is 4.98 Å². The molecule has 1 fully saturated rings. The molecule has 1 aliphatic heterocycles. The maximum Gasteiger partial charge on any atom is 0.306 e. The number of unbranched alkanes of at least 4 members (excludes halogenated alkanes) is 1. The number of halogens is 3. The second kappa shape index (κ2) is 11.8. The van der Waals surface area contributed by atoms with Crippen LogP contribution in [0, 0.1) is 15.9 Å². The van der Waals surface area contributed by atoms with Crippen LogP contribution in [0.25, 0.3) is 0 Å². The average molecular weight is 461 g/mol. The first kappa shape index (κ1) is 25.8. The van der Waals surface area contributed by atoms with Crippen molar-refractivity contribution in [3.63, 3.8) is 0 Å². The standard InChI is InChI=1S/C19H25FN6O2.2ClH/c1-3-4-10-25(15-5-6-16(20)17(12-15)26(27)28)19-22-9-7-18(23-19)24-11-8-14(13-24)21-2;;/h5-7,9,12,14,21H,3-4,8,10-11,13H2,1-2H3;2*1H/t14-;;/m0../s1. The number of aromatic nitrogens is 2. The second-order valence-corrected chi connectivity index (χ2v) is 6.83. The van der Waals surface area contributed by atoms with Crippen LogP contribution in [0.3, 0.4) is 0 Å². The molecule has 0 spiro atoms. The Kier molecular flexibility index (Phi) is 10.2. The van der Waals surface area contributed by atoms with E-state index in [1.165, 1.54) is 12.1 Å². The van der Waals surface area contributed by atoms with Crippen molar-refractivity contribution in [1.82, 2.24) is 15.3 Å². The van der Waals surface area contributed by atoms with Crippen LogP contribution in [-0.2, 0) is 0 Å². The van der Waals surface area contributed by atoms with E-state index in [4.69, 9.17) is 4.98 Å². The zero-order valence-electron chi connectivity index (χ0n) is 17.0. The normalized spacial score (nSPS) is 15.3. The number of rotatable bonds is 8. The summed E-state index contributed by atoms with van der Waals surface area (Å²) in [5, 5.41) is 14.4. The van der Waals surface area contributed by atoms with E-state index in [0.29, 0.717) is 24.2 Å². The third-order valence-electron chi connectivity index (χ3n) is 4.96. The molecule has 0 amide bonds. The Morgan fingerprint density at radius 2 is 2.13 bits per heavy atom. The summed E-state index contributed by atoms with van der Waals surface area (Å²) in [4.78, 5) is 23.5. The zero-order chi connectivity index (χ0) is 20.1. The number of hydrogen-bond acceptors (Lipinski definition) is 7. The minimum atomic E-state index is -0.853. The van der Waals surface area contributed by atoms with E-state index < -0.39 is 16.4 Å². The summed E-state index contributed by atoms with van der Waals surface area (Å²) in [5.41, 5.74) is -0.0419. The van der Waals surface area contributed by atoms with E-state index in [1.54, 1.807) is 6.20 Å². The molecule has 1 N–H and O–H groups in total. The summed E-state index contributed by atoms with van der Waals surface area (Å²) in [6, 6.07) is 6.18. The summed E-state index contributed by atoms with van der Waals surface area (Å²) in [5.74, 6) is 0.426. The van der Waals surface area contributed by atoms with E-state index in [2.05, 4.69) is 22.1 Å². The maximum absolute atomic E-state index is 13.8. The third-order valence-corrected chi connectivity index (χ3v) is 4.96. The molecule has 1 aliphatic rings. The van der Waals surface area contributed by atoms with Gasteiger partial charge in [0.1, 0.15) is 5.82 Å². The molecule has 1 atom stereocenters. The first-order chi connectivity index (χ1) is 13.5. The van der Waals surface area contributed by atoms with Gasteiger partial charge in [0.2, 0.25) is 11.8 Å². The van der Waals surface area contributed by atoms with Crippen LogP contribution in [0.5, 0.6) is 0 Å². The highest BCUT2D eigenvalue weighted by Crippen LogP contribution is 2.30. The molecule has 3 rings (SSSR count). The predicted octanol–water partition coefficient (Wildman–Crippen LogP) is 4.10. The Labute approximate surface area is 187 Å². The molecule has 0 aliphatic carbocycles. The van der Waals surface area contributed by atoms with Crippen LogP contribution in [0.1, 0.15) is 26.2 Å². The highest BCUT2D eigenvalue weighted by Gasteiger charge is 2.24. The van der Waals surface area contributed by atoms with E-state index in [-0.39, 0.29) is 24.8 Å². The van der Waals surface area contributed by atoms with Crippen LogP contribution in [0.4, 0.5) is 27.5 Å². The fraction of sp³-hybridized carbons (Fsp3) is 0.474. The van der Waals surface area contributed by atoms with Gasteiger partial charge in [0.25, 0.3) is 0 Å². The Hall–Kier alpha value is -2.23. The largest absolute Gasteiger partial charge is 0.355 e. The van der Waals surface area contributed by atoms with Crippen molar-refractivity contribution >= 4 is 48.0 Å². The molecule has 8 nitrogen and oxygen atoms in total. The third kappa shape index (κ3) is 5.90. The first-order valence-electron chi connectivity index (χ1n) is 9.50. The summed E-state index contributed by atoms with van der Waals surface area (Å²) >= 11 is 0. The molecule has 1 aromatic carbocycles. The van der Waals surface area contributed by atoms with Crippen LogP contribution in [0.15, 0.2) is 30.5 Å². The number of hydrogen-bond donors (Lipinski definition) is 1. The van der Waals surface area contributed by atoms with Crippen molar-refractivity contribution < 1.29 is 9.31 Å². The van der Waals surface area contributed by atoms with Gasteiger partial charge in [0.15, 0.2) is 0 Å². The SMILES string of the molecule is CCCCN(c1ccc(F)c([N+](=O)[O-])c1)c1nccc(N2CC[C@H](NC)C2)n1.Cl.Cl. The molecule has 1 saturated heterocycles. The molecule has 30 heavy (non-hydrogen) atoms. The Morgan fingerprint density at radius 1 is 1.37 bits per heavy atom. The van der Waals surface area contributed by atoms with Crippen molar-refractivity contribution in [1.29, 1.82) is 0 Å². The lowest BCUT2D eigenvalue weighted by atomic mass is 10.2. The summed E-state index contributed by atoms with van der Waals surface area (Å²) in [7, 11) is 1.95. The second-order valence-electron chi connectivity index (χ2n) is 6.83. The van der Waals surface area contributed by atoms with E-state index in [1.807, 2.05) is 18.0 Å². The van der Waals surface area contributed by atoms with Crippen molar-refractivity contribution in [2.24, 2.45) is 0 Å². The molecule has 0 radical (unpaired) electrons. The fourth-order valence-corrected chi connectivity index (χ4v) is 3.32. The minimum Gasteiger partial charge on any atom is -0.355 e. The topological polar surface area (TPSA) is 87.4 Å². The van der Waals surface area contributed by atoms with Crippen molar-refractivity contribution in [2.75, 3.05) is 36.5 Å². The van der Waals surface area contributed by atoms with Crippen LogP contribution in [-0.4, -0.2) is 47.6 Å². The van der Waals surface area contributed by atoms with Gasteiger partial charge in [-0.3, -0.25) is 10.1 Å². The number of nitro groups is 1. The number of anilines is 3. The number of nitrogens with zero attached hydrogens (tertiary/aromatic N) is 5. The van der Waals surface area contributed by atoms with Crippen molar-refractivity contribution in [2.45, 2.75) is 32.2 Å². The minimum absolute atomic E-state index is 0. The van der Waals surface area contributed by atoms with Gasteiger partial charge in [-0.2, -0.15) is 9.37 Å². The number of benzene rings is 1. The van der Waals surface area contributed by atoms with Gasteiger partial charge in [0.05, 0.1) is 10.6 Å². The van der Waals surface area contributed by atoms with E-state index in [9.17, 15) is 14.5 Å².